The minimum Gasteiger partial charge on any atom is -0.422 e. The highest BCUT2D eigenvalue weighted by Crippen LogP contribution is 2.27. The largest absolute Gasteiger partial charge is 0.435 e. The van der Waals surface area contributed by atoms with Crippen molar-refractivity contribution >= 4 is 39.7 Å². The monoisotopic (exact) mass is 437 g/mol. The lowest BCUT2D eigenvalue weighted by molar-refractivity contribution is -0.0582. The number of hydrogen-bond donors (Lipinski definition) is 1. The van der Waals surface area contributed by atoms with Crippen molar-refractivity contribution in [1.82, 2.24) is 0 Å². The Bertz CT molecular complexity index is 1140. The smallest absolute Gasteiger partial charge is 0.422 e. The van der Waals surface area contributed by atoms with Crippen LogP contribution in [0.25, 0.3) is 11.0 Å². The molecule has 0 aliphatic rings. The molecule has 158 valence electrons. The summed E-state index contributed by atoms with van der Waals surface area (Å²) in [5, 5.41) is 3.97. The third-order valence-electron chi connectivity index (χ3n) is 4.53. The first-order valence-corrected chi connectivity index (χ1v) is 9.61. The molecule has 0 spiro atoms. The van der Waals surface area contributed by atoms with Crippen LogP contribution in [0.3, 0.4) is 0 Å². The highest BCUT2D eigenvalue weighted by Gasteiger charge is 2.39. The SMILES string of the molecule is CCN(CC)c1ccc2cc(C(=NNc3ccccc3Cl)C(F)(F)F)c(=O)oc2c1. The maximum atomic E-state index is 13.7. The second-order valence-corrected chi connectivity index (χ2v) is 6.80. The van der Waals surface area contributed by atoms with Crippen LogP contribution in [-0.4, -0.2) is 25.0 Å². The van der Waals surface area contributed by atoms with E-state index in [1.165, 1.54) is 12.1 Å². The van der Waals surface area contributed by atoms with Gasteiger partial charge in [-0.25, -0.2) is 4.79 Å². The summed E-state index contributed by atoms with van der Waals surface area (Å²) in [7, 11) is 0. The summed E-state index contributed by atoms with van der Waals surface area (Å²) in [6, 6.07) is 12.4. The molecule has 0 unspecified atom stereocenters. The van der Waals surface area contributed by atoms with Gasteiger partial charge in [0.1, 0.15) is 5.58 Å². The average molecular weight is 438 g/mol. The summed E-state index contributed by atoms with van der Waals surface area (Å²) >= 11 is 5.94. The highest BCUT2D eigenvalue weighted by molar-refractivity contribution is 6.33. The Balaban J connectivity index is 2.07. The van der Waals surface area contributed by atoms with Gasteiger partial charge in [0.25, 0.3) is 0 Å². The molecule has 0 amide bonds. The van der Waals surface area contributed by atoms with Crippen LogP contribution in [0.2, 0.25) is 5.02 Å². The van der Waals surface area contributed by atoms with E-state index in [2.05, 4.69) is 10.5 Å². The first-order valence-electron chi connectivity index (χ1n) is 9.23. The van der Waals surface area contributed by atoms with Crippen molar-refractivity contribution in [3.8, 4) is 0 Å². The zero-order valence-electron chi connectivity index (χ0n) is 16.3. The van der Waals surface area contributed by atoms with Gasteiger partial charge in [0.05, 0.1) is 16.3 Å². The molecule has 0 fully saturated rings. The van der Waals surface area contributed by atoms with Gasteiger partial charge in [-0.15, -0.1) is 0 Å². The fourth-order valence-corrected chi connectivity index (χ4v) is 3.17. The van der Waals surface area contributed by atoms with E-state index in [0.717, 1.165) is 24.8 Å². The Morgan fingerprint density at radius 1 is 1.13 bits per heavy atom. The number of halogens is 4. The van der Waals surface area contributed by atoms with Crippen molar-refractivity contribution in [2.24, 2.45) is 5.10 Å². The van der Waals surface area contributed by atoms with Gasteiger partial charge in [0.2, 0.25) is 0 Å². The van der Waals surface area contributed by atoms with Crippen LogP contribution in [0.15, 0.2) is 62.8 Å². The maximum Gasteiger partial charge on any atom is 0.435 e. The molecule has 1 heterocycles. The molecule has 2 aromatic carbocycles. The van der Waals surface area contributed by atoms with Gasteiger partial charge < -0.3 is 9.32 Å². The summed E-state index contributed by atoms with van der Waals surface area (Å²) in [6.45, 7) is 5.43. The predicted molar refractivity (Wildman–Crippen MR) is 114 cm³/mol. The van der Waals surface area contributed by atoms with Crippen molar-refractivity contribution in [3.63, 3.8) is 0 Å². The molecule has 3 aromatic rings. The Morgan fingerprint density at radius 3 is 2.47 bits per heavy atom. The van der Waals surface area contributed by atoms with Crippen molar-refractivity contribution in [3.05, 3.63) is 69.5 Å². The number of hydrazone groups is 1. The third-order valence-corrected chi connectivity index (χ3v) is 4.86. The number of fused-ring (bicyclic) bond motifs is 1. The maximum absolute atomic E-state index is 13.7. The van der Waals surface area contributed by atoms with Crippen LogP contribution in [-0.2, 0) is 0 Å². The summed E-state index contributed by atoms with van der Waals surface area (Å²) in [5.41, 5.74) is 0.258. The number of anilines is 2. The Labute approximate surface area is 175 Å². The van der Waals surface area contributed by atoms with Gasteiger partial charge in [0, 0.05) is 30.2 Å². The number of alkyl halides is 3. The number of nitrogens with zero attached hydrogens (tertiary/aromatic N) is 2. The fraction of sp³-hybridized carbons (Fsp3) is 0.238. The normalized spacial score (nSPS) is 12.3. The first kappa shape index (κ1) is 21.7. The lowest BCUT2D eigenvalue weighted by atomic mass is 10.1. The van der Waals surface area contributed by atoms with E-state index >= 15 is 0 Å². The van der Waals surface area contributed by atoms with E-state index in [-0.39, 0.29) is 16.3 Å². The highest BCUT2D eigenvalue weighted by atomic mass is 35.5. The van der Waals surface area contributed by atoms with Crippen molar-refractivity contribution < 1.29 is 17.6 Å². The zero-order valence-corrected chi connectivity index (χ0v) is 17.0. The molecule has 1 N–H and O–H groups in total. The van der Waals surface area contributed by atoms with E-state index in [1.54, 1.807) is 30.3 Å². The Kier molecular flexibility index (Phi) is 6.36. The molecule has 0 atom stereocenters. The lowest BCUT2D eigenvalue weighted by Gasteiger charge is -2.21. The summed E-state index contributed by atoms with van der Waals surface area (Å²) in [5.74, 6) is 0. The zero-order chi connectivity index (χ0) is 21.9. The first-order chi connectivity index (χ1) is 14.2. The van der Waals surface area contributed by atoms with Crippen molar-refractivity contribution in [2.75, 3.05) is 23.4 Å². The molecule has 0 bridgehead atoms. The molecular weight excluding hydrogens is 419 g/mol. The number of nitrogens with one attached hydrogen (secondary N) is 1. The lowest BCUT2D eigenvalue weighted by Crippen LogP contribution is -2.30. The standard InChI is InChI=1S/C21H19ClF3N3O2/c1-3-28(4-2)14-10-9-13-11-15(20(29)30-18(13)12-14)19(21(23,24)25)27-26-17-8-6-5-7-16(17)22/h5-12,26H,3-4H2,1-2H3. The van der Waals surface area contributed by atoms with Gasteiger partial charge in [-0.2, -0.15) is 18.3 Å². The van der Waals surface area contributed by atoms with Gasteiger partial charge in [0.15, 0.2) is 5.71 Å². The van der Waals surface area contributed by atoms with E-state index < -0.39 is 23.1 Å². The number of para-hydroxylation sites is 1. The summed E-state index contributed by atoms with van der Waals surface area (Å²) in [6.07, 6.45) is -4.89. The van der Waals surface area contributed by atoms with E-state index in [1.807, 2.05) is 18.7 Å². The third kappa shape index (κ3) is 4.59. The molecule has 0 aliphatic carbocycles. The molecule has 0 saturated carbocycles. The second kappa shape index (κ2) is 8.79. The van der Waals surface area contributed by atoms with E-state index in [9.17, 15) is 18.0 Å². The van der Waals surface area contributed by atoms with Crippen LogP contribution in [0, 0.1) is 0 Å². The van der Waals surface area contributed by atoms with Gasteiger partial charge in [-0.05, 0) is 44.2 Å². The average Bonchev–Trinajstić information content (AvgIpc) is 2.69. The van der Waals surface area contributed by atoms with E-state index in [0.29, 0.717) is 5.39 Å². The van der Waals surface area contributed by atoms with Crippen LogP contribution in [0.1, 0.15) is 19.4 Å². The van der Waals surface area contributed by atoms with E-state index in [4.69, 9.17) is 16.0 Å². The topological polar surface area (TPSA) is 57.8 Å². The van der Waals surface area contributed by atoms with Crippen LogP contribution in [0.4, 0.5) is 24.5 Å². The fourth-order valence-electron chi connectivity index (χ4n) is 2.99. The van der Waals surface area contributed by atoms with Crippen LogP contribution < -0.4 is 16.0 Å². The quantitative estimate of drug-likeness (QED) is 0.306. The number of rotatable bonds is 6. The molecular formula is C21H19ClF3N3O2. The second-order valence-electron chi connectivity index (χ2n) is 6.39. The molecule has 5 nitrogen and oxygen atoms in total. The van der Waals surface area contributed by atoms with Crippen LogP contribution >= 0.6 is 11.6 Å². The summed E-state index contributed by atoms with van der Waals surface area (Å²) in [4.78, 5) is 14.4. The Hall–Kier alpha value is -3.00. The molecule has 9 heteroatoms. The van der Waals surface area contributed by atoms with Gasteiger partial charge >= 0.3 is 11.8 Å². The molecule has 0 aliphatic heterocycles. The molecule has 0 radical (unpaired) electrons. The molecule has 1 aromatic heterocycles. The van der Waals surface area contributed by atoms with Crippen molar-refractivity contribution in [1.29, 1.82) is 0 Å². The van der Waals surface area contributed by atoms with Gasteiger partial charge in [-0.3, -0.25) is 5.43 Å². The van der Waals surface area contributed by atoms with Crippen LogP contribution in [0.5, 0.6) is 0 Å². The minimum absolute atomic E-state index is 0.176. The number of hydrogen-bond acceptors (Lipinski definition) is 5. The minimum atomic E-state index is -4.89. The molecule has 30 heavy (non-hydrogen) atoms. The Morgan fingerprint density at radius 2 is 1.83 bits per heavy atom. The van der Waals surface area contributed by atoms with Crippen molar-refractivity contribution in [2.45, 2.75) is 20.0 Å². The van der Waals surface area contributed by atoms with Gasteiger partial charge in [-0.1, -0.05) is 23.7 Å². The summed E-state index contributed by atoms with van der Waals surface area (Å²) < 4.78 is 46.2. The number of benzene rings is 2. The molecule has 0 saturated heterocycles. The molecule has 3 rings (SSSR count). The predicted octanol–water partition coefficient (Wildman–Crippen LogP) is 5.67.